The highest BCUT2D eigenvalue weighted by Gasteiger charge is 2.34. The first kappa shape index (κ1) is 20.0. The summed E-state index contributed by atoms with van der Waals surface area (Å²) in [5.74, 6) is -0.263. The third-order valence-corrected chi connectivity index (χ3v) is 5.79. The van der Waals surface area contributed by atoms with E-state index in [4.69, 9.17) is 9.47 Å². The Hall–Kier alpha value is -2.29. The molecule has 3 heterocycles. The predicted octanol–water partition coefficient (Wildman–Crippen LogP) is 0.946. The highest BCUT2D eigenvalue weighted by Crippen LogP contribution is 2.24. The largest absolute Gasteiger partial charge is 0.462 e. The van der Waals surface area contributed by atoms with Gasteiger partial charge >= 0.3 is 5.97 Å². The van der Waals surface area contributed by atoms with Crippen LogP contribution in [-0.2, 0) is 20.8 Å². The smallest absolute Gasteiger partial charge is 0.320 e. The van der Waals surface area contributed by atoms with Crippen molar-refractivity contribution in [2.24, 2.45) is 0 Å². The van der Waals surface area contributed by atoms with E-state index in [0.29, 0.717) is 43.4 Å². The number of para-hydroxylation sites is 1. The molecule has 8 heteroatoms. The van der Waals surface area contributed by atoms with Gasteiger partial charge in [0.05, 0.1) is 42.0 Å². The van der Waals surface area contributed by atoms with Crippen molar-refractivity contribution in [3.8, 4) is 0 Å². The van der Waals surface area contributed by atoms with Gasteiger partial charge in [0, 0.05) is 19.7 Å². The maximum atomic E-state index is 12.7. The first-order valence-corrected chi connectivity index (χ1v) is 10.2. The quantitative estimate of drug-likeness (QED) is 0.720. The molecule has 1 aromatic carbocycles. The van der Waals surface area contributed by atoms with Crippen LogP contribution in [0.3, 0.4) is 0 Å². The molecular weight excluding hydrogens is 374 g/mol. The van der Waals surface area contributed by atoms with E-state index < -0.39 is 5.60 Å². The van der Waals surface area contributed by atoms with Gasteiger partial charge in [0.25, 0.3) is 5.56 Å². The zero-order chi connectivity index (χ0) is 20.3. The topological polar surface area (TPSA) is 93.9 Å². The molecule has 2 aliphatic rings. The molecule has 2 aromatic rings. The number of aromatic nitrogens is 2. The molecule has 156 valence electrons. The molecule has 8 nitrogen and oxygen atoms in total. The maximum absolute atomic E-state index is 12.7. The van der Waals surface area contributed by atoms with Crippen LogP contribution in [0, 0.1) is 0 Å². The molecule has 0 amide bonds. The summed E-state index contributed by atoms with van der Waals surface area (Å²) in [5, 5.41) is 11.5. The van der Waals surface area contributed by atoms with E-state index in [9.17, 15) is 14.7 Å². The SMILES string of the molecule is O=C(CN1CCC(O)(Cn2cnc3ccccc3c2=O)CC1)OCC1CCCO1. The minimum absolute atomic E-state index is 0.0271. The van der Waals surface area contributed by atoms with Gasteiger partial charge in [-0.15, -0.1) is 0 Å². The zero-order valence-electron chi connectivity index (χ0n) is 16.5. The lowest BCUT2D eigenvalue weighted by Gasteiger charge is -2.38. The van der Waals surface area contributed by atoms with Crippen molar-refractivity contribution in [3.05, 3.63) is 40.9 Å². The average molecular weight is 401 g/mol. The fourth-order valence-electron chi connectivity index (χ4n) is 4.01. The number of fused-ring (bicyclic) bond motifs is 1. The van der Waals surface area contributed by atoms with Crippen molar-refractivity contribution < 1.29 is 19.4 Å². The molecular formula is C21H27N3O5. The lowest BCUT2D eigenvalue weighted by atomic mass is 9.91. The molecule has 0 spiro atoms. The van der Waals surface area contributed by atoms with Gasteiger partial charge in [-0.1, -0.05) is 12.1 Å². The zero-order valence-corrected chi connectivity index (χ0v) is 16.5. The van der Waals surface area contributed by atoms with Crippen LogP contribution < -0.4 is 5.56 Å². The van der Waals surface area contributed by atoms with E-state index in [-0.39, 0.29) is 30.7 Å². The van der Waals surface area contributed by atoms with Crippen molar-refractivity contribution in [2.75, 3.05) is 32.8 Å². The summed E-state index contributed by atoms with van der Waals surface area (Å²) < 4.78 is 12.2. The number of piperidine rings is 1. The monoisotopic (exact) mass is 401 g/mol. The normalized spacial score (nSPS) is 22.0. The number of aliphatic hydroxyl groups is 1. The Morgan fingerprint density at radius 3 is 2.86 bits per heavy atom. The first-order valence-electron chi connectivity index (χ1n) is 10.2. The highest BCUT2D eigenvalue weighted by atomic mass is 16.6. The Morgan fingerprint density at radius 2 is 2.10 bits per heavy atom. The molecule has 1 aromatic heterocycles. The number of likely N-dealkylation sites (tertiary alicyclic amines) is 1. The first-order chi connectivity index (χ1) is 14.0. The Morgan fingerprint density at radius 1 is 1.31 bits per heavy atom. The predicted molar refractivity (Wildman–Crippen MR) is 107 cm³/mol. The van der Waals surface area contributed by atoms with Crippen molar-refractivity contribution in [2.45, 2.75) is 43.9 Å². The third-order valence-electron chi connectivity index (χ3n) is 5.79. The molecule has 29 heavy (non-hydrogen) atoms. The molecule has 2 fully saturated rings. The van der Waals surface area contributed by atoms with Gasteiger partial charge in [-0.25, -0.2) is 4.98 Å². The molecule has 1 unspecified atom stereocenters. The molecule has 0 radical (unpaired) electrons. The van der Waals surface area contributed by atoms with Crippen LogP contribution in [-0.4, -0.2) is 70.1 Å². The number of benzene rings is 1. The van der Waals surface area contributed by atoms with Crippen LogP contribution in [0.5, 0.6) is 0 Å². The van der Waals surface area contributed by atoms with Gasteiger partial charge in [0.2, 0.25) is 0 Å². The van der Waals surface area contributed by atoms with Gasteiger partial charge in [0.15, 0.2) is 0 Å². The highest BCUT2D eigenvalue weighted by molar-refractivity contribution is 5.76. The van der Waals surface area contributed by atoms with Gasteiger partial charge in [0.1, 0.15) is 6.61 Å². The van der Waals surface area contributed by atoms with E-state index in [0.717, 1.165) is 19.4 Å². The van der Waals surface area contributed by atoms with Crippen LogP contribution in [0.25, 0.3) is 10.9 Å². The van der Waals surface area contributed by atoms with Crippen molar-refractivity contribution in [1.82, 2.24) is 14.5 Å². The van der Waals surface area contributed by atoms with Gasteiger partial charge in [-0.2, -0.15) is 0 Å². The Balaban J connectivity index is 1.29. The second-order valence-electron chi connectivity index (χ2n) is 8.01. The summed E-state index contributed by atoms with van der Waals surface area (Å²) in [6.07, 6.45) is 4.43. The van der Waals surface area contributed by atoms with Gasteiger partial charge in [-0.3, -0.25) is 19.1 Å². The number of esters is 1. The summed E-state index contributed by atoms with van der Waals surface area (Å²) in [5.41, 5.74) is -0.493. The Bertz CT molecular complexity index is 914. The summed E-state index contributed by atoms with van der Waals surface area (Å²) in [6, 6.07) is 7.19. The fourth-order valence-corrected chi connectivity index (χ4v) is 4.01. The number of nitrogens with zero attached hydrogens (tertiary/aromatic N) is 3. The van der Waals surface area contributed by atoms with Crippen LogP contribution in [0.4, 0.5) is 0 Å². The van der Waals surface area contributed by atoms with Gasteiger partial charge in [-0.05, 0) is 37.8 Å². The molecule has 4 rings (SSSR count). The third kappa shape index (κ3) is 4.83. The number of hydrogen-bond acceptors (Lipinski definition) is 7. The van der Waals surface area contributed by atoms with Gasteiger partial charge < -0.3 is 14.6 Å². The molecule has 1 N–H and O–H groups in total. The summed E-state index contributed by atoms with van der Waals surface area (Å²) in [4.78, 5) is 31.0. The Labute approximate surface area is 169 Å². The van der Waals surface area contributed by atoms with E-state index in [1.165, 1.54) is 10.9 Å². The summed E-state index contributed by atoms with van der Waals surface area (Å²) >= 11 is 0. The second kappa shape index (κ2) is 8.61. The number of ether oxygens (including phenoxy) is 2. The molecule has 1 atom stereocenters. The van der Waals surface area contributed by atoms with Crippen molar-refractivity contribution in [1.29, 1.82) is 0 Å². The van der Waals surface area contributed by atoms with E-state index >= 15 is 0 Å². The molecule has 0 aliphatic carbocycles. The molecule has 0 saturated carbocycles. The summed E-state index contributed by atoms with van der Waals surface area (Å²) in [6.45, 7) is 2.60. The minimum atomic E-state index is -0.994. The van der Waals surface area contributed by atoms with Crippen molar-refractivity contribution in [3.63, 3.8) is 0 Å². The number of carbonyl (C=O) groups excluding carboxylic acids is 1. The minimum Gasteiger partial charge on any atom is -0.462 e. The van der Waals surface area contributed by atoms with E-state index in [1.807, 2.05) is 11.0 Å². The van der Waals surface area contributed by atoms with Crippen LogP contribution in [0.1, 0.15) is 25.7 Å². The molecule has 0 bridgehead atoms. The van der Waals surface area contributed by atoms with Crippen LogP contribution in [0.2, 0.25) is 0 Å². The van der Waals surface area contributed by atoms with E-state index in [1.54, 1.807) is 18.2 Å². The lowest BCUT2D eigenvalue weighted by Crippen LogP contribution is -2.49. The second-order valence-corrected chi connectivity index (χ2v) is 8.01. The average Bonchev–Trinajstić information content (AvgIpc) is 3.25. The lowest BCUT2D eigenvalue weighted by molar-refractivity contribution is -0.149. The maximum Gasteiger partial charge on any atom is 0.320 e. The number of hydrogen-bond donors (Lipinski definition) is 1. The number of carbonyl (C=O) groups is 1. The van der Waals surface area contributed by atoms with Crippen molar-refractivity contribution >= 4 is 16.9 Å². The fraction of sp³-hybridized carbons (Fsp3) is 0.571. The van der Waals surface area contributed by atoms with Crippen LogP contribution >= 0.6 is 0 Å². The Kier molecular flexibility index (Phi) is 5.94. The molecule has 2 aliphatic heterocycles. The van der Waals surface area contributed by atoms with Crippen LogP contribution in [0.15, 0.2) is 35.4 Å². The van der Waals surface area contributed by atoms with E-state index in [2.05, 4.69) is 4.98 Å². The summed E-state index contributed by atoms with van der Waals surface area (Å²) in [7, 11) is 0. The number of rotatable bonds is 6. The molecule has 2 saturated heterocycles. The standard InChI is InChI=1S/C21H27N3O5/c25-19(29-13-16-4-3-11-28-16)12-23-9-7-21(27,8-10-23)14-24-15-22-18-6-2-1-5-17(18)20(24)26/h1-2,5-6,15-16,27H,3-4,7-14H2.